The average molecular weight is 424 g/mol. The first-order chi connectivity index (χ1) is 14.4. The Hall–Kier alpha value is -3.00. The Kier molecular flexibility index (Phi) is 5.67. The lowest BCUT2D eigenvalue weighted by Crippen LogP contribution is -2.11. The molecule has 4 rings (SSSR count). The van der Waals surface area contributed by atoms with Gasteiger partial charge in [0.15, 0.2) is 16.8 Å². The molecule has 4 aromatic rings. The normalized spacial score (nSPS) is 11.7. The second-order valence-electron chi connectivity index (χ2n) is 7.94. The van der Waals surface area contributed by atoms with Gasteiger partial charge >= 0.3 is 0 Å². The van der Waals surface area contributed by atoms with Crippen LogP contribution in [0.25, 0.3) is 11.4 Å². The largest absolute Gasteiger partial charge is 0.339 e. The van der Waals surface area contributed by atoms with Gasteiger partial charge in [-0.25, -0.2) is 4.39 Å². The zero-order valence-electron chi connectivity index (χ0n) is 17.0. The molecule has 0 spiro atoms. The molecule has 30 heavy (non-hydrogen) atoms. The minimum Gasteiger partial charge on any atom is -0.339 e. The van der Waals surface area contributed by atoms with Crippen molar-refractivity contribution in [1.29, 1.82) is 0 Å². The van der Waals surface area contributed by atoms with Crippen LogP contribution in [0, 0.1) is 5.82 Å². The number of hydrogen-bond donors (Lipinski definition) is 0. The first kappa shape index (κ1) is 20.3. The van der Waals surface area contributed by atoms with Crippen molar-refractivity contribution in [1.82, 2.24) is 24.9 Å². The third-order valence-corrected chi connectivity index (χ3v) is 5.41. The Morgan fingerprint density at radius 3 is 2.40 bits per heavy atom. The van der Waals surface area contributed by atoms with E-state index in [0.29, 0.717) is 29.8 Å². The van der Waals surface area contributed by atoms with Crippen LogP contribution in [0.4, 0.5) is 4.39 Å². The summed E-state index contributed by atoms with van der Waals surface area (Å²) in [5, 5.41) is 13.6. The van der Waals surface area contributed by atoms with Gasteiger partial charge in [0.2, 0.25) is 5.89 Å². The van der Waals surface area contributed by atoms with Gasteiger partial charge in [0.05, 0.1) is 12.3 Å². The second kappa shape index (κ2) is 8.39. The fraction of sp³-hybridized carbons (Fsp3) is 0.273. The number of hydrogen-bond acceptors (Lipinski definition) is 6. The van der Waals surface area contributed by atoms with Gasteiger partial charge in [-0.3, -0.25) is 4.57 Å². The molecule has 0 saturated heterocycles. The van der Waals surface area contributed by atoms with Crippen LogP contribution in [0.1, 0.15) is 38.0 Å². The van der Waals surface area contributed by atoms with Gasteiger partial charge in [-0.2, -0.15) is 4.98 Å². The summed E-state index contributed by atoms with van der Waals surface area (Å²) in [6.07, 6.45) is 0. The molecule has 2 aromatic carbocycles. The summed E-state index contributed by atoms with van der Waals surface area (Å²) in [5.74, 6) is 2.13. The number of benzene rings is 2. The molecule has 0 fully saturated rings. The summed E-state index contributed by atoms with van der Waals surface area (Å²) >= 11 is 1.49. The highest BCUT2D eigenvalue weighted by molar-refractivity contribution is 7.98. The Morgan fingerprint density at radius 2 is 1.73 bits per heavy atom. The SMILES string of the molecule is CC(C)(C)c1nc(CSc2nnc(-c3ccc(F)cc3)n2Cc2ccccc2)no1. The molecule has 0 aliphatic rings. The summed E-state index contributed by atoms with van der Waals surface area (Å²) in [7, 11) is 0. The van der Waals surface area contributed by atoms with Crippen molar-refractivity contribution in [2.24, 2.45) is 0 Å². The van der Waals surface area contributed by atoms with Crippen LogP contribution in [-0.4, -0.2) is 24.9 Å². The summed E-state index contributed by atoms with van der Waals surface area (Å²) in [6.45, 7) is 6.69. The van der Waals surface area contributed by atoms with Crippen molar-refractivity contribution in [3.05, 3.63) is 77.7 Å². The highest BCUT2D eigenvalue weighted by Crippen LogP contribution is 2.28. The van der Waals surface area contributed by atoms with Crippen molar-refractivity contribution in [2.75, 3.05) is 0 Å². The van der Waals surface area contributed by atoms with Crippen LogP contribution in [0.15, 0.2) is 64.3 Å². The Bertz CT molecular complexity index is 1120. The number of halogens is 1. The van der Waals surface area contributed by atoms with E-state index in [1.54, 1.807) is 12.1 Å². The van der Waals surface area contributed by atoms with Gasteiger partial charge in [0.25, 0.3) is 0 Å². The molecule has 6 nitrogen and oxygen atoms in total. The molecule has 0 aliphatic heterocycles. The van der Waals surface area contributed by atoms with Gasteiger partial charge in [0, 0.05) is 11.0 Å². The van der Waals surface area contributed by atoms with E-state index in [1.165, 1.54) is 23.9 Å². The highest BCUT2D eigenvalue weighted by Gasteiger charge is 2.22. The topological polar surface area (TPSA) is 69.6 Å². The zero-order valence-corrected chi connectivity index (χ0v) is 17.9. The lowest BCUT2D eigenvalue weighted by Gasteiger charge is -2.10. The maximum Gasteiger partial charge on any atom is 0.232 e. The van der Waals surface area contributed by atoms with E-state index in [-0.39, 0.29) is 11.2 Å². The second-order valence-corrected chi connectivity index (χ2v) is 8.88. The van der Waals surface area contributed by atoms with Gasteiger partial charge in [-0.1, -0.05) is 68.0 Å². The lowest BCUT2D eigenvalue weighted by atomic mass is 9.97. The van der Waals surface area contributed by atoms with E-state index in [2.05, 4.69) is 32.5 Å². The number of rotatable bonds is 6. The van der Waals surface area contributed by atoms with E-state index >= 15 is 0 Å². The molecule has 0 saturated carbocycles. The quantitative estimate of drug-likeness (QED) is 0.402. The Morgan fingerprint density at radius 1 is 1.00 bits per heavy atom. The van der Waals surface area contributed by atoms with Crippen molar-refractivity contribution < 1.29 is 8.91 Å². The maximum atomic E-state index is 13.4. The van der Waals surface area contributed by atoms with Gasteiger partial charge in [-0.15, -0.1) is 10.2 Å². The van der Waals surface area contributed by atoms with Gasteiger partial charge in [0.1, 0.15) is 5.82 Å². The number of thioether (sulfide) groups is 1. The molecule has 0 N–H and O–H groups in total. The van der Waals surface area contributed by atoms with Crippen LogP contribution < -0.4 is 0 Å². The summed E-state index contributed by atoms with van der Waals surface area (Å²) < 4.78 is 20.8. The smallest absolute Gasteiger partial charge is 0.232 e. The number of aromatic nitrogens is 5. The molecular weight excluding hydrogens is 401 g/mol. The highest BCUT2D eigenvalue weighted by atomic mass is 32.2. The lowest BCUT2D eigenvalue weighted by molar-refractivity contribution is 0.319. The molecule has 2 aromatic heterocycles. The fourth-order valence-electron chi connectivity index (χ4n) is 2.86. The molecule has 8 heteroatoms. The van der Waals surface area contributed by atoms with Gasteiger partial charge in [-0.05, 0) is 29.8 Å². The van der Waals surface area contributed by atoms with Crippen LogP contribution in [-0.2, 0) is 17.7 Å². The predicted molar refractivity (Wildman–Crippen MR) is 114 cm³/mol. The first-order valence-corrected chi connectivity index (χ1v) is 10.6. The van der Waals surface area contributed by atoms with Crippen LogP contribution in [0.2, 0.25) is 0 Å². The summed E-state index contributed by atoms with van der Waals surface area (Å²) in [4.78, 5) is 4.49. The Labute approximate surface area is 178 Å². The minimum absolute atomic E-state index is 0.195. The van der Waals surface area contributed by atoms with Crippen molar-refractivity contribution in [3.8, 4) is 11.4 Å². The monoisotopic (exact) mass is 423 g/mol. The molecule has 0 unspecified atom stereocenters. The van der Waals surface area contributed by atoms with E-state index in [9.17, 15) is 4.39 Å². The standard InChI is InChI=1S/C22H22FN5OS/c1-22(2,3)20-24-18(27-29-20)14-30-21-26-25-19(16-9-11-17(23)12-10-16)28(21)13-15-7-5-4-6-8-15/h4-12H,13-14H2,1-3H3. The maximum absolute atomic E-state index is 13.4. The fourth-order valence-corrected chi connectivity index (χ4v) is 3.64. The Balaban J connectivity index is 1.62. The van der Waals surface area contributed by atoms with Gasteiger partial charge < -0.3 is 4.52 Å². The van der Waals surface area contributed by atoms with E-state index < -0.39 is 0 Å². The molecule has 154 valence electrons. The van der Waals surface area contributed by atoms with Crippen LogP contribution in [0.5, 0.6) is 0 Å². The third kappa shape index (κ3) is 4.59. The molecular formula is C22H22FN5OS. The molecule has 0 radical (unpaired) electrons. The molecule has 0 aliphatic carbocycles. The predicted octanol–water partition coefficient (Wildman–Crippen LogP) is 5.11. The minimum atomic E-state index is -0.283. The molecule has 0 atom stereocenters. The molecule has 0 bridgehead atoms. The summed E-state index contributed by atoms with van der Waals surface area (Å²) in [5.41, 5.74) is 1.73. The summed E-state index contributed by atoms with van der Waals surface area (Å²) in [6, 6.07) is 16.4. The van der Waals surface area contributed by atoms with Crippen molar-refractivity contribution in [3.63, 3.8) is 0 Å². The molecule has 2 heterocycles. The third-order valence-electron chi connectivity index (χ3n) is 4.44. The first-order valence-electron chi connectivity index (χ1n) is 9.59. The number of nitrogens with zero attached hydrogens (tertiary/aromatic N) is 5. The average Bonchev–Trinajstić information content (AvgIpc) is 3.35. The zero-order chi connectivity index (χ0) is 21.1. The van der Waals surface area contributed by atoms with Crippen molar-refractivity contribution >= 4 is 11.8 Å². The van der Waals surface area contributed by atoms with Crippen LogP contribution >= 0.6 is 11.8 Å². The van der Waals surface area contributed by atoms with E-state index in [4.69, 9.17) is 4.52 Å². The van der Waals surface area contributed by atoms with E-state index in [0.717, 1.165) is 16.3 Å². The van der Waals surface area contributed by atoms with E-state index in [1.807, 2.05) is 43.5 Å². The van der Waals surface area contributed by atoms with Crippen LogP contribution in [0.3, 0.4) is 0 Å². The van der Waals surface area contributed by atoms with Crippen molar-refractivity contribution in [2.45, 2.75) is 43.6 Å². The molecule has 0 amide bonds.